The minimum atomic E-state index is -0.883. The van der Waals surface area contributed by atoms with E-state index < -0.39 is 18.0 Å². The molecule has 0 aliphatic carbocycles. The number of aromatic amines is 1. The van der Waals surface area contributed by atoms with Crippen molar-refractivity contribution < 1.29 is 14.3 Å². The number of nitrogens with zero attached hydrogens (tertiary/aromatic N) is 2. The molecule has 0 radical (unpaired) electrons. The van der Waals surface area contributed by atoms with Crippen LogP contribution in [0.3, 0.4) is 0 Å². The Bertz CT molecular complexity index is 1170. The molecule has 0 saturated heterocycles. The molecule has 2 aromatic carbocycles. The minimum Gasteiger partial charge on any atom is -0.497 e. The van der Waals surface area contributed by atoms with Crippen LogP contribution in [0, 0.1) is 0 Å². The molecule has 0 saturated carbocycles. The van der Waals surface area contributed by atoms with Gasteiger partial charge in [0, 0.05) is 37.0 Å². The number of aromatic nitrogens is 2. The van der Waals surface area contributed by atoms with Crippen molar-refractivity contribution in [3.8, 4) is 17.1 Å². The second-order valence-electron chi connectivity index (χ2n) is 8.51. The fraction of sp³-hybridized carbons (Fsp3) is 0.308. The summed E-state index contributed by atoms with van der Waals surface area (Å²) < 4.78 is 5.18. The summed E-state index contributed by atoms with van der Waals surface area (Å²) in [6.45, 7) is 0.684. The van der Waals surface area contributed by atoms with Crippen LogP contribution in [0.2, 0.25) is 0 Å². The predicted octanol–water partition coefficient (Wildman–Crippen LogP) is 0.810. The molecule has 1 aromatic heterocycles. The second-order valence-corrected chi connectivity index (χ2v) is 8.51. The number of hydrogen-bond donors (Lipinski definition) is 6. The lowest BCUT2D eigenvalue weighted by Gasteiger charge is -2.20. The van der Waals surface area contributed by atoms with Crippen LogP contribution < -0.4 is 32.6 Å². The summed E-state index contributed by atoms with van der Waals surface area (Å²) in [5.74, 6) is 0.627. The number of nitrogens with one attached hydrogen (secondary N) is 3. The molecule has 0 aliphatic heterocycles. The molecule has 0 aliphatic rings. The smallest absolute Gasteiger partial charge is 0.242 e. The van der Waals surface area contributed by atoms with Crippen molar-refractivity contribution in [1.29, 1.82) is 0 Å². The molecule has 0 unspecified atom stereocenters. The summed E-state index contributed by atoms with van der Waals surface area (Å²) in [5.41, 5.74) is 19.5. The molecular formula is C26H34N8O3. The Morgan fingerprint density at radius 1 is 1.08 bits per heavy atom. The van der Waals surface area contributed by atoms with Crippen molar-refractivity contribution in [3.05, 3.63) is 72.1 Å². The first-order valence-electron chi connectivity index (χ1n) is 12.0. The standard InChI is InChI=1S/C26H34N8O3/c1-37-20-11-9-18(10-12-20)23-31-16-19(33-23)14-21(27)24(35)34-22(8-5-13-30-26(28)29)25(36)32-15-17-6-3-2-4-7-17/h2-4,6-7,9-12,16,21-22H,5,8,13-15,27H2,1H3,(H,31,33)(H,32,36)(H,34,35)(H4,28,29,30)/t21-,22-/m0/s1. The molecule has 3 rings (SSSR count). The molecule has 196 valence electrons. The number of aliphatic imine (C=N–C) groups is 1. The van der Waals surface area contributed by atoms with Gasteiger partial charge in [0.25, 0.3) is 0 Å². The molecule has 9 N–H and O–H groups in total. The summed E-state index contributed by atoms with van der Waals surface area (Å²) >= 11 is 0. The average molecular weight is 507 g/mol. The molecular weight excluding hydrogens is 472 g/mol. The Balaban J connectivity index is 1.59. The molecule has 11 nitrogen and oxygen atoms in total. The number of carbonyl (C=O) groups excluding carboxylic acids is 2. The topological polar surface area (TPSA) is 187 Å². The lowest BCUT2D eigenvalue weighted by molar-refractivity contribution is -0.129. The number of nitrogens with two attached hydrogens (primary N) is 3. The molecule has 0 bridgehead atoms. The summed E-state index contributed by atoms with van der Waals surface area (Å²) in [6, 6.07) is 15.3. The van der Waals surface area contributed by atoms with E-state index in [1.807, 2.05) is 54.6 Å². The first-order valence-corrected chi connectivity index (χ1v) is 12.0. The summed E-state index contributed by atoms with van der Waals surface area (Å²) in [7, 11) is 1.61. The molecule has 0 fully saturated rings. The van der Waals surface area contributed by atoms with Gasteiger partial charge in [0.2, 0.25) is 11.8 Å². The normalized spacial score (nSPS) is 12.3. The molecule has 2 atom stereocenters. The largest absolute Gasteiger partial charge is 0.497 e. The van der Waals surface area contributed by atoms with Gasteiger partial charge in [-0.15, -0.1) is 0 Å². The molecule has 0 spiro atoms. The number of amides is 2. The van der Waals surface area contributed by atoms with Crippen LogP contribution >= 0.6 is 0 Å². The van der Waals surface area contributed by atoms with Gasteiger partial charge in [0.05, 0.1) is 13.2 Å². The fourth-order valence-electron chi connectivity index (χ4n) is 3.65. The van der Waals surface area contributed by atoms with Crippen molar-refractivity contribution >= 4 is 17.8 Å². The summed E-state index contributed by atoms with van der Waals surface area (Å²) in [5, 5.41) is 5.64. The van der Waals surface area contributed by atoms with Gasteiger partial charge in [-0.3, -0.25) is 14.6 Å². The SMILES string of the molecule is COc1ccc(-c2ncc(C[C@H](N)C(=O)N[C@@H](CCCN=C(N)N)C(=O)NCc3ccccc3)[nH]2)cc1. The van der Waals surface area contributed by atoms with Gasteiger partial charge < -0.3 is 37.6 Å². The van der Waals surface area contributed by atoms with Crippen molar-refractivity contribution in [3.63, 3.8) is 0 Å². The van der Waals surface area contributed by atoms with E-state index in [-0.39, 0.29) is 18.3 Å². The molecule has 1 heterocycles. The third-order valence-corrected chi connectivity index (χ3v) is 5.66. The van der Waals surface area contributed by atoms with Crippen LogP contribution in [0.25, 0.3) is 11.4 Å². The number of benzene rings is 2. The maximum Gasteiger partial charge on any atom is 0.242 e. The van der Waals surface area contributed by atoms with Crippen LogP contribution in [0.5, 0.6) is 5.75 Å². The molecule has 3 aromatic rings. The zero-order valence-corrected chi connectivity index (χ0v) is 20.8. The van der Waals surface area contributed by atoms with E-state index in [0.29, 0.717) is 37.4 Å². The number of ether oxygens (including phenoxy) is 1. The lowest BCUT2D eigenvalue weighted by atomic mass is 10.1. The highest BCUT2D eigenvalue weighted by atomic mass is 16.5. The van der Waals surface area contributed by atoms with Crippen LogP contribution in [0.4, 0.5) is 0 Å². The molecule has 37 heavy (non-hydrogen) atoms. The average Bonchev–Trinajstić information content (AvgIpc) is 3.37. The first-order chi connectivity index (χ1) is 17.9. The van der Waals surface area contributed by atoms with Crippen molar-refractivity contribution in [2.24, 2.45) is 22.2 Å². The van der Waals surface area contributed by atoms with E-state index in [9.17, 15) is 9.59 Å². The fourth-order valence-corrected chi connectivity index (χ4v) is 3.65. The monoisotopic (exact) mass is 506 g/mol. The van der Waals surface area contributed by atoms with Crippen LogP contribution in [-0.4, -0.2) is 53.5 Å². The highest BCUT2D eigenvalue weighted by Crippen LogP contribution is 2.20. The second kappa shape index (κ2) is 13.6. The number of carbonyl (C=O) groups is 2. The minimum absolute atomic E-state index is 0.0234. The maximum absolute atomic E-state index is 12.9. The number of guanidine groups is 1. The van der Waals surface area contributed by atoms with Gasteiger partial charge in [0.1, 0.15) is 17.6 Å². The molecule has 2 amide bonds. The highest BCUT2D eigenvalue weighted by molar-refractivity contribution is 5.89. The number of hydrogen-bond acceptors (Lipinski definition) is 6. The Morgan fingerprint density at radius 3 is 2.49 bits per heavy atom. The van der Waals surface area contributed by atoms with E-state index in [1.54, 1.807) is 13.3 Å². The van der Waals surface area contributed by atoms with Gasteiger partial charge in [0.15, 0.2) is 5.96 Å². The van der Waals surface area contributed by atoms with Crippen molar-refractivity contribution in [2.45, 2.75) is 37.9 Å². The van der Waals surface area contributed by atoms with Crippen LogP contribution in [0.15, 0.2) is 65.8 Å². The van der Waals surface area contributed by atoms with Crippen LogP contribution in [0.1, 0.15) is 24.1 Å². The zero-order chi connectivity index (χ0) is 26.6. The number of methoxy groups -OCH3 is 1. The molecule has 11 heteroatoms. The third-order valence-electron chi connectivity index (χ3n) is 5.66. The Hall–Kier alpha value is -4.38. The Morgan fingerprint density at radius 2 is 1.81 bits per heavy atom. The Kier molecular flexibility index (Phi) is 10.0. The van der Waals surface area contributed by atoms with E-state index >= 15 is 0 Å². The van der Waals surface area contributed by atoms with Crippen molar-refractivity contribution in [1.82, 2.24) is 20.6 Å². The summed E-state index contributed by atoms with van der Waals surface area (Å²) in [6.07, 6.45) is 2.72. The Labute approximate surface area is 215 Å². The maximum atomic E-state index is 12.9. The van der Waals surface area contributed by atoms with E-state index in [4.69, 9.17) is 21.9 Å². The predicted molar refractivity (Wildman–Crippen MR) is 142 cm³/mol. The van der Waals surface area contributed by atoms with E-state index in [0.717, 1.165) is 16.9 Å². The van der Waals surface area contributed by atoms with Crippen LogP contribution in [-0.2, 0) is 22.6 Å². The van der Waals surface area contributed by atoms with E-state index in [2.05, 4.69) is 25.6 Å². The quantitative estimate of drug-likeness (QED) is 0.112. The first kappa shape index (κ1) is 27.2. The highest BCUT2D eigenvalue weighted by Gasteiger charge is 2.24. The van der Waals surface area contributed by atoms with Gasteiger partial charge in [-0.05, 0) is 42.7 Å². The summed E-state index contributed by atoms with van der Waals surface area (Å²) in [4.78, 5) is 37.3. The van der Waals surface area contributed by atoms with Gasteiger partial charge in [-0.2, -0.15) is 0 Å². The zero-order valence-electron chi connectivity index (χ0n) is 20.8. The number of imidazole rings is 1. The number of rotatable bonds is 13. The van der Waals surface area contributed by atoms with Gasteiger partial charge >= 0.3 is 0 Å². The van der Waals surface area contributed by atoms with E-state index in [1.165, 1.54) is 0 Å². The lowest BCUT2D eigenvalue weighted by Crippen LogP contribution is -2.52. The number of H-pyrrole nitrogens is 1. The van der Waals surface area contributed by atoms with Crippen molar-refractivity contribution in [2.75, 3.05) is 13.7 Å². The van der Waals surface area contributed by atoms with Gasteiger partial charge in [-0.25, -0.2) is 4.98 Å². The van der Waals surface area contributed by atoms with Gasteiger partial charge in [-0.1, -0.05) is 30.3 Å². The third kappa shape index (κ3) is 8.65.